The van der Waals surface area contributed by atoms with Gasteiger partial charge in [0.25, 0.3) is 11.8 Å². The summed E-state index contributed by atoms with van der Waals surface area (Å²) in [6.45, 7) is 6.50. The first-order valence-corrected chi connectivity index (χ1v) is 12.1. The normalized spacial score (nSPS) is 14.3. The topological polar surface area (TPSA) is 94.2 Å². The molecule has 4 amide bonds. The maximum atomic E-state index is 13.3. The van der Waals surface area contributed by atoms with Crippen LogP contribution in [0.5, 0.6) is 17.2 Å². The van der Waals surface area contributed by atoms with E-state index in [9.17, 15) is 14.4 Å². The second-order valence-corrected chi connectivity index (χ2v) is 8.36. The Bertz CT molecular complexity index is 1380. The number of carbonyl (C=O) groups excluding carboxylic acids is 3. The quantitative estimate of drug-likeness (QED) is 0.232. The summed E-state index contributed by atoms with van der Waals surface area (Å²) in [7, 11) is 1.52. The molecule has 3 aromatic rings. The van der Waals surface area contributed by atoms with E-state index in [1.165, 1.54) is 13.2 Å². The van der Waals surface area contributed by atoms with E-state index in [1.807, 2.05) is 37.3 Å². The zero-order valence-electron chi connectivity index (χ0n) is 21.2. The molecular formula is C30H28N2O6. The van der Waals surface area contributed by atoms with Gasteiger partial charge in [0.2, 0.25) is 0 Å². The van der Waals surface area contributed by atoms with Gasteiger partial charge in [0.15, 0.2) is 11.5 Å². The number of nitrogens with zero attached hydrogens (tertiary/aromatic N) is 1. The monoisotopic (exact) mass is 512 g/mol. The minimum Gasteiger partial charge on any atom is -0.494 e. The predicted octanol–water partition coefficient (Wildman–Crippen LogP) is 5.07. The van der Waals surface area contributed by atoms with Crippen LogP contribution in [0.25, 0.3) is 6.08 Å². The highest BCUT2D eigenvalue weighted by molar-refractivity contribution is 6.39. The standard InChI is InChI=1S/C30H28N2O6/c1-4-9-22-16-21(18-26(36-3)27(22)38-19-20-10-7-6-8-11-20)17-25-28(33)31-30(35)32(29(25)34)23-12-14-24(15-13-23)37-5-2/h4,6-8,10-18H,1,5,9,19H2,2-3H3,(H,31,33,35). The van der Waals surface area contributed by atoms with Crippen molar-refractivity contribution in [1.82, 2.24) is 5.32 Å². The second-order valence-electron chi connectivity index (χ2n) is 8.36. The summed E-state index contributed by atoms with van der Waals surface area (Å²) in [4.78, 5) is 39.5. The highest BCUT2D eigenvalue weighted by Gasteiger charge is 2.37. The number of amides is 4. The van der Waals surface area contributed by atoms with Gasteiger partial charge in [-0.05, 0) is 66.9 Å². The first-order chi connectivity index (χ1) is 18.4. The molecule has 194 valence electrons. The molecule has 0 atom stereocenters. The summed E-state index contributed by atoms with van der Waals surface area (Å²) in [5.74, 6) is 0.0658. The molecule has 1 N–H and O–H groups in total. The number of hydrogen-bond donors (Lipinski definition) is 1. The van der Waals surface area contributed by atoms with Crippen molar-refractivity contribution in [1.29, 1.82) is 0 Å². The van der Waals surface area contributed by atoms with Crippen molar-refractivity contribution in [3.8, 4) is 17.2 Å². The average molecular weight is 513 g/mol. The van der Waals surface area contributed by atoms with E-state index < -0.39 is 17.8 Å². The Balaban J connectivity index is 1.67. The Morgan fingerprint density at radius 2 is 1.71 bits per heavy atom. The maximum Gasteiger partial charge on any atom is 0.335 e. The van der Waals surface area contributed by atoms with E-state index in [-0.39, 0.29) is 5.57 Å². The summed E-state index contributed by atoms with van der Waals surface area (Å²) >= 11 is 0. The summed E-state index contributed by atoms with van der Waals surface area (Å²) in [5, 5.41) is 2.24. The Morgan fingerprint density at radius 1 is 0.974 bits per heavy atom. The van der Waals surface area contributed by atoms with Crippen LogP contribution in [0.1, 0.15) is 23.6 Å². The first-order valence-electron chi connectivity index (χ1n) is 12.1. The number of methoxy groups -OCH3 is 1. The van der Waals surface area contributed by atoms with Crippen LogP contribution >= 0.6 is 0 Å². The number of rotatable bonds is 10. The smallest absolute Gasteiger partial charge is 0.335 e. The molecule has 1 aliphatic rings. The number of barbiturate groups is 1. The van der Waals surface area contributed by atoms with Gasteiger partial charge in [-0.2, -0.15) is 0 Å². The SMILES string of the molecule is C=CCc1cc(C=C2C(=O)NC(=O)N(c3ccc(OCC)cc3)C2=O)cc(OC)c1OCc1ccccc1. The van der Waals surface area contributed by atoms with Gasteiger partial charge in [0.1, 0.15) is 17.9 Å². The summed E-state index contributed by atoms with van der Waals surface area (Å²) in [6, 6.07) is 18.9. The first kappa shape index (κ1) is 26.2. The summed E-state index contributed by atoms with van der Waals surface area (Å²) in [5.41, 5.74) is 2.41. The molecule has 38 heavy (non-hydrogen) atoms. The van der Waals surface area contributed by atoms with E-state index in [2.05, 4.69) is 11.9 Å². The molecule has 0 aliphatic carbocycles. The largest absolute Gasteiger partial charge is 0.494 e. The van der Waals surface area contributed by atoms with Crippen LogP contribution in [0.4, 0.5) is 10.5 Å². The molecule has 0 saturated carbocycles. The van der Waals surface area contributed by atoms with Crippen molar-refractivity contribution < 1.29 is 28.6 Å². The molecule has 0 bridgehead atoms. The van der Waals surface area contributed by atoms with Crippen LogP contribution in [0, 0.1) is 0 Å². The Labute approximate surface area is 221 Å². The molecular weight excluding hydrogens is 484 g/mol. The van der Waals surface area contributed by atoms with Gasteiger partial charge in [0, 0.05) is 5.56 Å². The number of allylic oxidation sites excluding steroid dienone is 1. The van der Waals surface area contributed by atoms with Crippen LogP contribution in [-0.4, -0.2) is 31.6 Å². The van der Waals surface area contributed by atoms with Crippen LogP contribution in [0.3, 0.4) is 0 Å². The van der Waals surface area contributed by atoms with Crippen molar-refractivity contribution in [2.45, 2.75) is 20.0 Å². The van der Waals surface area contributed by atoms with E-state index in [1.54, 1.807) is 42.5 Å². The van der Waals surface area contributed by atoms with Gasteiger partial charge in [-0.15, -0.1) is 6.58 Å². The van der Waals surface area contributed by atoms with Gasteiger partial charge in [-0.1, -0.05) is 36.4 Å². The predicted molar refractivity (Wildman–Crippen MR) is 144 cm³/mol. The summed E-state index contributed by atoms with van der Waals surface area (Å²) < 4.78 is 17.1. The van der Waals surface area contributed by atoms with E-state index in [4.69, 9.17) is 14.2 Å². The molecule has 1 heterocycles. The Morgan fingerprint density at radius 3 is 2.37 bits per heavy atom. The lowest BCUT2D eigenvalue weighted by Gasteiger charge is -2.26. The minimum absolute atomic E-state index is 0.192. The van der Waals surface area contributed by atoms with Crippen molar-refractivity contribution in [3.05, 3.63) is 102 Å². The molecule has 8 nitrogen and oxygen atoms in total. The van der Waals surface area contributed by atoms with Crippen LogP contribution in [0.2, 0.25) is 0 Å². The molecule has 1 aliphatic heterocycles. The van der Waals surface area contributed by atoms with E-state index in [0.29, 0.717) is 48.1 Å². The number of nitrogens with one attached hydrogen (secondary N) is 1. The number of anilines is 1. The molecule has 0 radical (unpaired) electrons. The molecule has 4 rings (SSSR count). The lowest BCUT2D eigenvalue weighted by Crippen LogP contribution is -2.54. The third kappa shape index (κ3) is 5.75. The van der Waals surface area contributed by atoms with Crippen molar-refractivity contribution in [2.24, 2.45) is 0 Å². The lowest BCUT2D eigenvalue weighted by molar-refractivity contribution is -0.122. The number of urea groups is 1. The third-order valence-electron chi connectivity index (χ3n) is 5.78. The van der Waals surface area contributed by atoms with Crippen LogP contribution < -0.4 is 24.4 Å². The van der Waals surface area contributed by atoms with Gasteiger partial charge >= 0.3 is 6.03 Å². The fraction of sp³-hybridized carbons (Fsp3) is 0.167. The summed E-state index contributed by atoms with van der Waals surface area (Å²) in [6.07, 6.45) is 3.63. The maximum absolute atomic E-state index is 13.3. The molecule has 3 aromatic carbocycles. The highest BCUT2D eigenvalue weighted by atomic mass is 16.5. The van der Waals surface area contributed by atoms with E-state index in [0.717, 1.165) is 16.0 Å². The zero-order valence-corrected chi connectivity index (χ0v) is 21.2. The highest BCUT2D eigenvalue weighted by Crippen LogP contribution is 2.35. The van der Waals surface area contributed by atoms with Crippen molar-refractivity contribution in [3.63, 3.8) is 0 Å². The van der Waals surface area contributed by atoms with Gasteiger partial charge in [0.05, 0.1) is 19.4 Å². The van der Waals surface area contributed by atoms with Crippen LogP contribution in [0.15, 0.2) is 85.0 Å². The van der Waals surface area contributed by atoms with E-state index >= 15 is 0 Å². The molecule has 1 saturated heterocycles. The van der Waals surface area contributed by atoms with Crippen molar-refractivity contribution >= 4 is 29.6 Å². The lowest BCUT2D eigenvalue weighted by atomic mass is 10.0. The minimum atomic E-state index is -0.823. The number of carbonyl (C=O) groups is 3. The number of imide groups is 2. The Hall–Kier alpha value is -4.85. The molecule has 0 spiro atoms. The number of benzene rings is 3. The number of ether oxygens (including phenoxy) is 3. The average Bonchev–Trinajstić information content (AvgIpc) is 2.92. The molecule has 0 unspecified atom stereocenters. The second kappa shape index (κ2) is 11.9. The van der Waals surface area contributed by atoms with Crippen LogP contribution in [-0.2, 0) is 22.6 Å². The van der Waals surface area contributed by atoms with Crippen molar-refractivity contribution in [2.75, 3.05) is 18.6 Å². The van der Waals surface area contributed by atoms with Gasteiger partial charge in [-0.25, -0.2) is 9.69 Å². The fourth-order valence-corrected chi connectivity index (χ4v) is 4.04. The molecule has 0 aromatic heterocycles. The molecule has 8 heteroatoms. The fourth-order valence-electron chi connectivity index (χ4n) is 4.04. The van der Waals surface area contributed by atoms with Gasteiger partial charge < -0.3 is 14.2 Å². The number of hydrogen-bond acceptors (Lipinski definition) is 6. The Kier molecular flexibility index (Phi) is 8.23. The zero-order chi connectivity index (χ0) is 27.1. The third-order valence-corrected chi connectivity index (χ3v) is 5.78. The molecule has 1 fully saturated rings. The van der Waals surface area contributed by atoms with Gasteiger partial charge in [-0.3, -0.25) is 14.9 Å².